The number of quaternary nitrogens is 1. The van der Waals surface area contributed by atoms with E-state index in [-0.39, 0.29) is 0 Å². The van der Waals surface area contributed by atoms with Crippen LogP contribution >= 0.6 is 0 Å². The van der Waals surface area contributed by atoms with Crippen LogP contribution in [0.4, 0.5) is 0 Å². The first kappa shape index (κ1) is 15.9. The molecule has 0 amide bonds. The summed E-state index contributed by atoms with van der Waals surface area (Å²) in [6.07, 6.45) is 0.750. The van der Waals surface area contributed by atoms with Crippen LogP contribution in [0.3, 0.4) is 0 Å². The second kappa shape index (κ2) is 8.94. The number of carbonyl (C=O) groups is 1. The predicted octanol–water partition coefficient (Wildman–Crippen LogP) is 3.27. The smallest absolute Gasteiger partial charge is 0.116 e. The van der Waals surface area contributed by atoms with E-state index >= 15 is 0 Å². The van der Waals surface area contributed by atoms with E-state index in [1.54, 1.807) is 0 Å². The summed E-state index contributed by atoms with van der Waals surface area (Å²) in [7, 11) is 0. The highest BCUT2D eigenvalue weighted by molar-refractivity contribution is 5.44. The second-order valence-electron chi connectivity index (χ2n) is 4.17. The molecule has 0 bridgehead atoms. The van der Waals surface area contributed by atoms with Crippen LogP contribution in [0.5, 0.6) is 0 Å². The first-order valence-electron chi connectivity index (χ1n) is 6.46. The fourth-order valence-electron chi connectivity index (χ4n) is 1.98. The van der Waals surface area contributed by atoms with E-state index in [2.05, 4.69) is 51.1 Å². The number of nitrogens with zero attached hydrogens (tertiary/aromatic N) is 1. The Kier molecular flexibility index (Phi) is 8.34. The third kappa shape index (κ3) is 5.64. The lowest BCUT2D eigenvalue weighted by molar-refractivity contribution is -0.936. The average molecular weight is 236 g/mol. The van der Waals surface area contributed by atoms with E-state index in [1.165, 1.54) is 43.1 Å². The summed E-state index contributed by atoms with van der Waals surface area (Å²) < 4.78 is 1.20. The summed E-state index contributed by atoms with van der Waals surface area (Å²) in [6.45, 7) is 13.2. The lowest BCUT2D eigenvalue weighted by atomic mass is 10.2. The Morgan fingerprint density at radius 1 is 1.00 bits per heavy atom. The van der Waals surface area contributed by atoms with Gasteiger partial charge >= 0.3 is 0 Å². The first-order valence-corrected chi connectivity index (χ1v) is 6.46. The van der Waals surface area contributed by atoms with Crippen molar-refractivity contribution in [1.29, 1.82) is 0 Å². The third-order valence-electron chi connectivity index (χ3n) is 3.37. The molecule has 2 heteroatoms. The Bertz CT molecular complexity index is 283. The lowest BCUT2D eigenvalue weighted by Crippen LogP contribution is -2.46. The summed E-state index contributed by atoms with van der Waals surface area (Å²) in [5.74, 6) is 0. The lowest BCUT2D eigenvalue weighted by Gasteiger charge is -2.35. The quantitative estimate of drug-likeness (QED) is 0.566. The summed E-state index contributed by atoms with van der Waals surface area (Å²) in [4.78, 5) is 8.81. The van der Waals surface area contributed by atoms with Gasteiger partial charge in [-0.3, -0.25) is 0 Å². The maximum Gasteiger partial charge on any atom is 0.116 e. The van der Waals surface area contributed by atoms with E-state index in [0.29, 0.717) is 0 Å². The molecule has 1 aromatic carbocycles. The highest BCUT2D eigenvalue weighted by Gasteiger charge is 2.20. The van der Waals surface area contributed by atoms with Gasteiger partial charge in [0.15, 0.2) is 0 Å². The number of carbonyl (C=O) groups excluding carboxylic acids is 1. The Morgan fingerprint density at radius 2 is 1.41 bits per heavy atom. The van der Waals surface area contributed by atoms with Crippen LogP contribution < -0.4 is 0 Å². The molecule has 0 unspecified atom stereocenters. The molecule has 0 N–H and O–H groups in total. The minimum absolute atomic E-state index is 0.750. The van der Waals surface area contributed by atoms with Gasteiger partial charge in [0.1, 0.15) is 12.8 Å². The Labute approximate surface area is 106 Å². The second-order valence-corrected chi connectivity index (χ2v) is 4.17. The molecular weight excluding hydrogens is 210 g/mol. The first-order chi connectivity index (χ1) is 8.17. The van der Waals surface area contributed by atoms with Crippen molar-refractivity contribution in [3.63, 3.8) is 0 Å². The van der Waals surface area contributed by atoms with Crippen molar-refractivity contribution in [3.8, 4) is 0 Å². The van der Waals surface area contributed by atoms with Gasteiger partial charge in [0.2, 0.25) is 0 Å². The minimum Gasteiger partial charge on any atom is -0.321 e. The van der Waals surface area contributed by atoms with E-state index < -0.39 is 0 Å². The van der Waals surface area contributed by atoms with Gasteiger partial charge in [-0.2, -0.15) is 0 Å². The zero-order valence-electron chi connectivity index (χ0n) is 11.6. The van der Waals surface area contributed by atoms with E-state index in [1.807, 2.05) is 0 Å². The molecule has 0 aromatic heterocycles. The standard InChI is InChI=1S/C13H22N.C2H4O/c1-4-14(5-2,6-3)12-13-10-8-7-9-11-13;1-2-3/h7-11H,4-6,12H2,1-3H3;2H,1H3/q+1;. The highest BCUT2D eigenvalue weighted by Crippen LogP contribution is 2.13. The zero-order chi connectivity index (χ0) is 13.1. The number of benzene rings is 1. The molecule has 2 nitrogen and oxygen atoms in total. The number of hydrogen-bond acceptors (Lipinski definition) is 1. The van der Waals surface area contributed by atoms with Crippen molar-refractivity contribution >= 4 is 6.29 Å². The predicted molar refractivity (Wildman–Crippen MR) is 73.8 cm³/mol. The molecule has 1 aromatic rings. The van der Waals surface area contributed by atoms with Gasteiger partial charge in [0.05, 0.1) is 19.6 Å². The van der Waals surface area contributed by atoms with E-state index in [4.69, 9.17) is 4.79 Å². The van der Waals surface area contributed by atoms with E-state index in [0.717, 1.165) is 6.29 Å². The average Bonchev–Trinajstić information content (AvgIpc) is 2.38. The van der Waals surface area contributed by atoms with Gasteiger partial charge in [-0.05, 0) is 27.7 Å². The molecule has 17 heavy (non-hydrogen) atoms. The monoisotopic (exact) mass is 236 g/mol. The Morgan fingerprint density at radius 3 is 1.76 bits per heavy atom. The Hall–Kier alpha value is -1.15. The molecule has 0 saturated heterocycles. The van der Waals surface area contributed by atoms with Crippen LogP contribution in [0.1, 0.15) is 33.3 Å². The molecule has 0 aliphatic heterocycles. The number of aldehydes is 1. The van der Waals surface area contributed by atoms with Crippen molar-refractivity contribution in [2.24, 2.45) is 0 Å². The molecule has 0 aliphatic carbocycles. The molecule has 0 heterocycles. The van der Waals surface area contributed by atoms with Crippen LogP contribution in [0.15, 0.2) is 30.3 Å². The molecule has 96 valence electrons. The van der Waals surface area contributed by atoms with Crippen LogP contribution in [0.25, 0.3) is 0 Å². The SMILES string of the molecule is CC=O.CC[N+](CC)(CC)Cc1ccccc1. The maximum atomic E-state index is 8.81. The normalized spacial score (nSPS) is 10.4. The Balaban J connectivity index is 0.000000770. The zero-order valence-corrected chi connectivity index (χ0v) is 11.6. The molecule has 0 aliphatic rings. The van der Waals surface area contributed by atoms with Crippen LogP contribution in [-0.2, 0) is 11.3 Å². The molecule has 0 saturated carbocycles. The summed E-state index contributed by atoms with van der Waals surface area (Å²) >= 11 is 0. The topological polar surface area (TPSA) is 17.1 Å². The fourth-order valence-corrected chi connectivity index (χ4v) is 1.98. The van der Waals surface area contributed by atoms with Crippen molar-refractivity contribution < 1.29 is 9.28 Å². The molecule has 0 spiro atoms. The molecule has 0 atom stereocenters. The van der Waals surface area contributed by atoms with Crippen molar-refractivity contribution in [1.82, 2.24) is 0 Å². The summed E-state index contributed by atoms with van der Waals surface area (Å²) in [5.41, 5.74) is 1.46. The molecule has 0 fully saturated rings. The number of hydrogen-bond donors (Lipinski definition) is 0. The van der Waals surface area contributed by atoms with Gasteiger partial charge in [0, 0.05) is 5.56 Å². The van der Waals surface area contributed by atoms with Crippen LogP contribution in [0, 0.1) is 0 Å². The van der Waals surface area contributed by atoms with Gasteiger partial charge < -0.3 is 9.28 Å². The highest BCUT2D eigenvalue weighted by atomic mass is 16.1. The van der Waals surface area contributed by atoms with Crippen LogP contribution in [0.2, 0.25) is 0 Å². The van der Waals surface area contributed by atoms with Crippen molar-refractivity contribution in [3.05, 3.63) is 35.9 Å². The van der Waals surface area contributed by atoms with Gasteiger partial charge in [-0.1, -0.05) is 30.3 Å². The minimum atomic E-state index is 0.750. The molecule has 0 radical (unpaired) electrons. The maximum absolute atomic E-state index is 8.81. The number of rotatable bonds is 5. The van der Waals surface area contributed by atoms with E-state index in [9.17, 15) is 0 Å². The molecule has 1 rings (SSSR count). The van der Waals surface area contributed by atoms with Crippen LogP contribution in [-0.4, -0.2) is 30.4 Å². The third-order valence-corrected chi connectivity index (χ3v) is 3.37. The summed E-state index contributed by atoms with van der Waals surface area (Å²) in [5, 5.41) is 0. The van der Waals surface area contributed by atoms with Gasteiger partial charge in [-0.15, -0.1) is 0 Å². The van der Waals surface area contributed by atoms with Crippen molar-refractivity contribution in [2.75, 3.05) is 19.6 Å². The molecular formula is C15H26NO+. The van der Waals surface area contributed by atoms with Gasteiger partial charge in [-0.25, -0.2) is 0 Å². The summed E-state index contributed by atoms with van der Waals surface area (Å²) in [6, 6.07) is 10.8. The fraction of sp³-hybridized carbons (Fsp3) is 0.533. The van der Waals surface area contributed by atoms with Crippen molar-refractivity contribution in [2.45, 2.75) is 34.2 Å². The van der Waals surface area contributed by atoms with Gasteiger partial charge in [0.25, 0.3) is 0 Å². The largest absolute Gasteiger partial charge is 0.321 e.